The van der Waals surface area contributed by atoms with Crippen molar-refractivity contribution >= 4 is 11.9 Å². The molecule has 1 saturated heterocycles. The highest BCUT2D eigenvalue weighted by molar-refractivity contribution is 5.96. The molecule has 48 heavy (non-hydrogen) atoms. The molecule has 1 rings (SSSR count). The second kappa shape index (κ2) is 13.3. The quantitative estimate of drug-likeness (QED) is 0.101. The predicted octanol–water partition coefficient (Wildman–Crippen LogP) is 9.44. The Bertz CT molecular complexity index is 1190. The first-order valence-electron chi connectivity index (χ1n) is 13.6. The highest BCUT2D eigenvalue weighted by Gasteiger charge is 2.95. The summed E-state index contributed by atoms with van der Waals surface area (Å²) < 4.78 is 238. The van der Waals surface area contributed by atoms with Crippen LogP contribution in [0.25, 0.3) is 0 Å². The molecule has 0 saturated carbocycles. The molecular formula is C26H30F17NO4. The summed E-state index contributed by atoms with van der Waals surface area (Å²) in [6, 6.07) is -1.18. The molecule has 0 unspecified atom stereocenters. The van der Waals surface area contributed by atoms with E-state index in [9.17, 15) is 84.2 Å². The highest BCUT2D eigenvalue weighted by atomic mass is 19.4. The number of carbonyl (C=O) groups excluding carboxylic acids is 2. The van der Waals surface area contributed by atoms with Gasteiger partial charge in [-0.3, -0.25) is 9.69 Å². The van der Waals surface area contributed by atoms with Gasteiger partial charge in [0.15, 0.2) is 5.78 Å². The Kier molecular flexibility index (Phi) is 12.0. The first kappa shape index (κ1) is 43.5. The number of hydrogen-bond acceptors (Lipinski definition) is 4. The molecule has 282 valence electrons. The third-order valence-corrected chi connectivity index (χ3v) is 6.84. The van der Waals surface area contributed by atoms with E-state index in [-0.39, 0.29) is 19.4 Å². The smallest absolute Gasteiger partial charge is 0.444 e. The fourth-order valence-corrected chi connectivity index (χ4v) is 4.12. The highest BCUT2D eigenvalue weighted by Crippen LogP contribution is 2.64. The fourth-order valence-electron chi connectivity index (χ4n) is 4.12. The van der Waals surface area contributed by atoms with Crippen LogP contribution in [0.3, 0.4) is 0 Å². The summed E-state index contributed by atoms with van der Waals surface area (Å²) in [4.78, 5) is 26.2. The summed E-state index contributed by atoms with van der Waals surface area (Å²) >= 11 is 0. The van der Waals surface area contributed by atoms with Crippen LogP contribution in [0.1, 0.15) is 66.7 Å². The van der Waals surface area contributed by atoms with Crippen LogP contribution in [0.5, 0.6) is 0 Å². The molecule has 0 aromatic rings. The van der Waals surface area contributed by atoms with Crippen LogP contribution in [-0.4, -0.2) is 88.4 Å². The van der Waals surface area contributed by atoms with Crippen molar-refractivity contribution in [3.63, 3.8) is 0 Å². The van der Waals surface area contributed by atoms with Crippen LogP contribution in [-0.2, 0) is 14.3 Å². The van der Waals surface area contributed by atoms with E-state index in [0.29, 0.717) is 0 Å². The van der Waals surface area contributed by atoms with E-state index >= 15 is 0 Å². The lowest BCUT2D eigenvalue weighted by Crippen LogP contribution is -2.74. The Morgan fingerprint density at radius 2 is 1.15 bits per heavy atom. The molecule has 0 N–H and O–H groups in total. The van der Waals surface area contributed by atoms with Gasteiger partial charge in [-0.05, 0) is 60.0 Å². The molecule has 0 aromatic carbocycles. The van der Waals surface area contributed by atoms with Gasteiger partial charge >= 0.3 is 53.7 Å². The number of ketones is 1. The van der Waals surface area contributed by atoms with E-state index in [1.807, 2.05) is 0 Å². The summed E-state index contributed by atoms with van der Waals surface area (Å²) in [6.07, 6.45) is -11.6. The zero-order valence-corrected chi connectivity index (χ0v) is 25.5. The summed E-state index contributed by atoms with van der Waals surface area (Å²) in [5.74, 6) is -57.1. The monoisotopic (exact) mass is 743 g/mol. The van der Waals surface area contributed by atoms with Crippen molar-refractivity contribution in [2.75, 3.05) is 6.61 Å². The molecule has 1 amide bonds. The molecule has 0 spiro atoms. The maximum Gasteiger partial charge on any atom is 0.460 e. The molecule has 0 aromatic heterocycles. The summed E-state index contributed by atoms with van der Waals surface area (Å²) in [6.45, 7) is 7.30. The predicted molar refractivity (Wildman–Crippen MR) is 130 cm³/mol. The molecule has 1 fully saturated rings. The van der Waals surface area contributed by atoms with Crippen molar-refractivity contribution in [2.45, 2.75) is 132 Å². The van der Waals surface area contributed by atoms with E-state index < -0.39 is 96.1 Å². The third-order valence-electron chi connectivity index (χ3n) is 6.84. The largest absolute Gasteiger partial charge is 0.460 e. The number of allylic oxidation sites excluding steroid dienone is 1. The van der Waals surface area contributed by atoms with E-state index in [1.165, 1.54) is 13.8 Å². The van der Waals surface area contributed by atoms with Gasteiger partial charge in [0, 0.05) is 6.42 Å². The molecule has 0 aliphatic carbocycles. The van der Waals surface area contributed by atoms with Crippen molar-refractivity contribution in [3.05, 3.63) is 12.2 Å². The molecular weight excluding hydrogens is 713 g/mol. The number of ether oxygens (including phenoxy) is 2. The number of halogens is 17. The van der Waals surface area contributed by atoms with Gasteiger partial charge in [-0.1, -0.05) is 12.5 Å². The van der Waals surface area contributed by atoms with Crippen LogP contribution in [0.4, 0.5) is 79.4 Å². The van der Waals surface area contributed by atoms with Crippen molar-refractivity contribution in [1.29, 1.82) is 0 Å². The second-order valence-corrected chi connectivity index (χ2v) is 12.2. The lowest BCUT2D eigenvalue weighted by molar-refractivity contribution is -0.461. The molecule has 1 aliphatic rings. The molecule has 0 radical (unpaired) electrons. The molecule has 1 atom stereocenters. The average molecular weight is 743 g/mol. The van der Waals surface area contributed by atoms with Crippen LogP contribution in [0, 0.1) is 0 Å². The number of nitrogens with zero attached hydrogens (tertiary/aromatic N) is 1. The van der Waals surface area contributed by atoms with Gasteiger partial charge in [0.05, 0.1) is 6.61 Å². The van der Waals surface area contributed by atoms with E-state index in [2.05, 4.69) is 0 Å². The van der Waals surface area contributed by atoms with E-state index in [4.69, 9.17) is 9.47 Å². The Morgan fingerprint density at radius 3 is 1.58 bits per heavy atom. The maximum absolute atomic E-state index is 14.0. The first-order valence-corrected chi connectivity index (χ1v) is 13.6. The third kappa shape index (κ3) is 7.76. The first-order chi connectivity index (χ1) is 21.0. The maximum atomic E-state index is 14.0. The lowest BCUT2D eigenvalue weighted by atomic mass is 9.88. The molecule has 1 heterocycles. The van der Waals surface area contributed by atoms with Crippen LogP contribution in [0.15, 0.2) is 12.2 Å². The van der Waals surface area contributed by atoms with Crippen LogP contribution in [0.2, 0.25) is 0 Å². The average Bonchev–Trinajstić information content (AvgIpc) is 3.20. The van der Waals surface area contributed by atoms with Crippen molar-refractivity contribution in [3.8, 4) is 0 Å². The Morgan fingerprint density at radius 1 is 0.708 bits per heavy atom. The number of unbranched alkanes of at least 4 members (excludes halogenated alkanes) is 3. The van der Waals surface area contributed by atoms with Crippen LogP contribution >= 0.6 is 0 Å². The summed E-state index contributed by atoms with van der Waals surface area (Å²) in [5, 5.41) is 0. The van der Waals surface area contributed by atoms with E-state index in [1.54, 1.807) is 20.8 Å². The molecule has 0 bridgehead atoms. The van der Waals surface area contributed by atoms with Gasteiger partial charge in [-0.25, -0.2) is 4.79 Å². The van der Waals surface area contributed by atoms with Crippen molar-refractivity contribution in [2.24, 2.45) is 0 Å². The van der Waals surface area contributed by atoms with Gasteiger partial charge in [0.1, 0.15) is 17.4 Å². The zero-order valence-electron chi connectivity index (χ0n) is 25.5. The number of amides is 1. The van der Waals surface area contributed by atoms with Crippen molar-refractivity contribution in [1.82, 2.24) is 4.90 Å². The molecule has 22 heteroatoms. The fraction of sp³-hybridized carbons (Fsp3) is 0.846. The Hall–Kier alpha value is -2.55. The van der Waals surface area contributed by atoms with E-state index in [0.717, 1.165) is 17.1 Å². The van der Waals surface area contributed by atoms with Crippen LogP contribution < -0.4 is 0 Å². The number of hydrogen-bond donors (Lipinski definition) is 0. The number of rotatable bonds is 14. The lowest BCUT2D eigenvalue weighted by Gasteiger charge is -2.42. The minimum absolute atomic E-state index is 0.208. The Balaban J connectivity index is 2.95. The Labute approximate surface area is 261 Å². The van der Waals surface area contributed by atoms with Gasteiger partial charge < -0.3 is 9.47 Å². The normalized spacial score (nSPS) is 19.3. The standard InChI is InChI=1S/C26H30F17NO4/c1-17(2,3)48-16(46)44-14(13-47-18(44,4)5)15(45)11-9-7-6-8-10-12-19(27,28)20(29,30)21(31,32)22(33,34)23(35,36)24(37,38)25(39,40)26(41,42)43/h9,11,14H,6-8,10,12-13H2,1-5H3/b11-9+/t14-/m0/s1. The number of alkyl halides is 17. The molecule has 5 nitrogen and oxygen atoms in total. The minimum atomic E-state index is -8.66. The summed E-state index contributed by atoms with van der Waals surface area (Å²) in [5.41, 5.74) is -2.24. The van der Waals surface area contributed by atoms with Gasteiger partial charge in [-0.2, -0.15) is 74.6 Å². The second-order valence-electron chi connectivity index (χ2n) is 12.2. The summed E-state index contributed by atoms with van der Waals surface area (Å²) in [7, 11) is 0. The zero-order chi connectivity index (χ0) is 38.4. The SMILES string of the molecule is CC(C)(C)OC(=O)N1[C@H](C(=O)/C=C/CCCCCC(F)(F)C(F)(F)C(F)(F)C(F)(F)C(F)(F)C(F)(F)C(F)(F)C(F)(F)F)COC1(C)C. The molecule has 1 aliphatic heterocycles. The van der Waals surface area contributed by atoms with Gasteiger partial charge in [0.2, 0.25) is 0 Å². The van der Waals surface area contributed by atoms with Gasteiger partial charge in [-0.15, -0.1) is 0 Å². The number of carbonyl (C=O) groups is 2. The van der Waals surface area contributed by atoms with Gasteiger partial charge in [0.25, 0.3) is 0 Å². The van der Waals surface area contributed by atoms with Crippen molar-refractivity contribution < 1.29 is 93.7 Å². The minimum Gasteiger partial charge on any atom is -0.444 e. The topological polar surface area (TPSA) is 55.8 Å².